The Morgan fingerprint density at radius 3 is 0.805 bits per heavy atom. The smallest absolute Gasteiger partial charge is 0.121 e. The second-order valence-corrected chi connectivity index (χ2v) is 25.1. The van der Waals surface area contributed by atoms with Crippen LogP contribution in [-0.2, 0) is 16.2 Å². The van der Waals surface area contributed by atoms with Gasteiger partial charge in [-0.05, 0) is 220 Å². The first kappa shape index (κ1) is 48.6. The first-order valence-electron chi connectivity index (χ1n) is 29.2. The lowest BCUT2D eigenvalue weighted by Gasteiger charge is -2.24. The van der Waals surface area contributed by atoms with Crippen LogP contribution in [-0.4, -0.2) is 7.11 Å². The van der Waals surface area contributed by atoms with Gasteiger partial charge in [0.2, 0.25) is 0 Å². The van der Waals surface area contributed by atoms with Crippen LogP contribution in [0.25, 0.3) is 132 Å². The molecule has 1 heteroatoms. The van der Waals surface area contributed by atoms with Gasteiger partial charge in [0.15, 0.2) is 0 Å². The summed E-state index contributed by atoms with van der Waals surface area (Å²) in [6, 6.07) is 87.9. The van der Waals surface area contributed by atoms with E-state index in [-0.39, 0.29) is 16.2 Å². The first-order valence-corrected chi connectivity index (χ1v) is 29.2. The average molecular weight is 1050 g/mol. The quantitative estimate of drug-likeness (QED) is 0.151. The maximum absolute atomic E-state index is 5.69. The molecule has 3 aliphatic rings. The highest BCUT2D eigenvalue weighted by molar-refractivity contribution is 6.23. The SMILES string of the molecule is COc1ccc(-c2c3ccccc3c(-c3ccc4c(c3)C(C)(C)c3cc(-c5ccc6c(c5)C(C)(C)c5cc(-c7c8ccccc8c(-c8ccc9c(c8)C(C)(C)c8ccccc8-9)c8ccccc78)ccc5-6)ccc3-4)c3ccccc23)cc1C. The van der Waals surface area contributed by atoms with Gasteiger partial charge in [-0.3, -0.25) is 0 Å². The van der Waals surface area contributed by atoms with Gasteiger partial charge in [0.05, 0.1) is 7.11 Å². The molecule has 0 N–H and O–H groups in total. The molecule has 0 unspecified atom stereocenters. The summed E-state index contributed by atoms with van der Waals surface area (Å²) in [6.45, 7) is 16.6. The van der Waals surface area contributed by atoms with Crippen LogP contribution < -0.4 is 4.74 Å². The van der Waals surface area contributed by atoms with Gasteiger partial charge in [-0.2, -0.15) is 0 Å². The maximum atomic E-state index is 5.69. The summed E-state index contributed by atoms with van der Waals surface area (Å²) in [5, 5.41) is 10.2. The van der Waals surface area contributed by atoms with Crippen molar-refractivity contribution < 1.29 is 4.74 Å². The lowest BCUT2D eigenvalue weighted by Crippen LogP contribution is -2.15. The van der Waals surface area contributed by atoms with Gasteiger partial charge in [0, 0.05) is 16.2 Å². The zero-order chi connectivity index (χ0) is 55.6. The van der Waals surface area contributed by atoms with Crippen LogP contribution in [0.1, 0.15) is 80.5 Å². The number of aryl methyl sites for hydroxylation is 1. The van der Waals surface area contributed by atoms with Gasteiger partial charge < -0.3 is 4.74 Å². The Hall–Kier alpha value is -9.30. The largest absolute Gasteiger partial charge is 0.496 e. The molecule has 0 saturated carbocycles. The maximum Gasteiger partial charge on any atom is 0.121 e. The lowest BCUT2D eigenvalue weighted by atomic mass is 9.79. The number of hydrogen-bond donors (Lipinski definition) is 0. The summed E-state index contributed by atoms with van der Waals surface area (Å²) < 4.78 is 5.69. The van der Waals surface area contributed by atoms with Crippen LogP contribution in [0.4, 0.5) is 0 Å². The Morgan fingerprint density at radius 2 is 0.488 bits per heavy atom. The second kappa shape index (κ2) is 17.4. The molecule has 0 radical (unpaired) electrons. The topological polar surface area (TPSA) is 9.23 Å². The van der Waals surface area contributed by atoms with E-state index in [1.54, 1.807) is 7.11 Å². The van der Waals surface area contributed by atoms with Crippen molar-refractivity contribution in [3.05, 3.63) is 269 Å². The highest BCUT2D eigenvalue weighted by Gasteiger charge is 2.39. The molecule has 0 atom stereocenters. The Labute approximate surface area is 481 Å². The van der Waals surface area contributed by atoms with Crippen molar-refractivity contribution in [1.82, 2.24) is 0 Å². The van der Waals surface area contributed by atoms with Crippen molar-refractivity contribution in [2.75, 3.05) is 7.11 Å². The van der Waals surface area contributed by atoms with E-state index in [0.29, 0.717) is 0 Å². The molecule has 13 aromatic rings. The van der Waals surface area contributed by atoms with Gasteiger partial charge in [0.1, 0.15) is 5.75 Å². The molecule has 0 bridgehead atoms. The van der Waals surface area contributed by atoms with Gasteiger partial charge in [-0.25, -0.2) is 0 Å². The average Bonchev–Trinajstić information content (AvgIpc) is 4.14. The van der Waals surface area contributed by atoms with Gasteiger partial charge in [-0.1, -0.05) is 230 Å². The number of hydrogen-bond acceptors (Lipinski definition) is 1. The van der Waals surface area contributed by atoms with Crippen LogP contribution in [0.15, 0.2) is 231 Å². The van der Waals surface area contributed by atoms with E-state index in [4.69, 9.17) is 4.74 Å². The predicted molar refractivity (Wildman–Crippen MR) is 348 cm³/mol. The van der Waals surface area contributed by atoms with Crippen molar-refractivity contribution in [3.63, 3.8) is 0 Å². The first-order chi connectivity index (χ1) is 39.8. The normalized spacial score (nSPS) is 14.6. The van der Waals surface area contributed by atoms with Crippen molar-refractivity contribution in [1.29, 1.82) is 0 Å². The Bertz CT molecular complexity index is 4830. The highest BCUT2D eigenvalue weighted by atomic mass is 16.5. The summed E-state index contributed by atoms with van der Waals surface area (Å²) in [7, 11) is 1.75. The van der Waals surface area contributed by atoms with Gasteiger partial charge >= 0.3 is 0 Å². The Morgan fingerprint density at radius 1 is 0.244 bits per heavy atom. The van der Waals surface area contributed by atoms with E-state index in [0.717, 1.165) is 11.3 Å². The van der Waals surface area contributed by atoms with E-state index in [9.17, 15) is 0 Å². The standard InChI is InChI=1S/C81H62O/c1-47-41-50(34-40-74(47)82-8)75-60-20-9-11-22-62(60)77(63-23-12-10-21-61(63)75)52-32-38-58-56-35-29-48(42-69(56)80(4,5)72(58)45-52)49-30-36-57-59-39-33-53(46-73(59)81(6,7)70(57)43-49)78-66-26-15-13-24-64(66)76(65-25-14-16-27-67(65)78)51-31-37-55-54-19-17-18-28-68(54)79(2,3)71(55)44-51/h9-46H,1-8H3. The Kier molecular flexibility index (Phi) is 10.3. The monoisotopic (exact) mass is 1050 g/mol. The molecule has 1 nitrogen and oxygen atoms in total. The molecule has 0 spiro atoms. The molecular formula is C81H62O. The van der Waals surface area contributed by atoms with E-state index in [2.05, 4.69) is 279 Å². The van der Waals surface area contributed by atoms with E-state index >= 15 is 0 Å². The molecule has 392 valence electrons. The minimum absolute atomic E-state index is 0.0825. The minimum Gasteiger partial charge on any atom is -0.496 e. The number of fused-ring (bicyclic) bond motifs is 13. The fourth-order valence-corrected chi connectivity index (χ4v) is 15.5. The summed E-state index contributed by atoms with van der Waals surface area (Å²) in [4.78, 5) is 0. The molecule has 0 saturated heterocycles. The number of benzene rings is 13. The molecule has 16 rings (SSSR count). The molecule has 0 aliphatic heterocycles. The molecule has 13 aromatic carbocycles. The second-order valence-electron chi connectivity index (χ2n) is 25.1. The Balaban J connectivity index is 0.755. The third-order valence-corrected chi connectivity index (χ3v) is 19.7. The van der Waals surface area contributed by atoms with Crippen LogP contribution in [0.5, 0.6) is 5.75 Å². The van der Waals surface area contributed by atoms with E-state index in [1.165, 1.54) is 165 Å². The number of methoxy groups -OCH3 is 1. The van der Waals surface area contributed by atoms with Crippen LogP contribution >= 0.6 is 0 Å². The number of rotatable bonds is 6. The molecule has 82 heavy (non-hydrogen) atoms. The zero-order valence-electron chi connectivity index (χ0n) is 47.8. The fourth-order valence-electron chi connectivity index (χ4n) is 15.5. The molecule has 0 amide bonds. The molecule has 0 fully saturated rings. The van der Waals surface area contributed by atoms with E-state index < -0.39 is 0 Å². The van der Waals surface area contributed by atoms with Gasteiger partial charge in [0.25, 0.3) is 0 Å². The summed E-state index contributed by atoms with van der Waals surface area (Å²) in [5.41, 5.74) is 29.6. The number of ether oxygens (including phenoxy) is 1. The predicted octanol–water partition coefficient (Wildman–Crippen LogP) is 21.9. The highest BCUT2D eigenvalue weighted by Crippen LogP contribution is 2.56. The fraction of sp³-hybridized carbons (Fsp3) is 0.136. The van der Waals surface area contributed by atoms with Crippen LogP contribution in [0.2, 0.25) is 0 Å². The lowest BCUT2D eigenvalue weighted by molar-refractivity contribution is 0.412. The summed E-state index contributed by atoms with van der Waals surface area (Å²) in [6.07, 6.45) is 0. The van der Waals surface area contributed by atoms with Crippen molar-refractivity contribution >= 4 is 43.1 Å². The minimum atomic E-state index is -0.222. The third-order valence-electron chi connectivity index (χ3n) is 19.7. The van der Waals surface area contributed by atoms with Crippen molar-refractivity contribution in [3.8, 4) is 94.8 Å². The van der Waals surface area contributed by atoms with Gasteiger partial charge in [-0.15, -0.1) is 0 Å². The van der Waals surface area contributed by atoms with Crippen LogP contribution in [0.3, 0.4) is 0 Å². The van der Waals surface area contributed by atoms with Crippen molar-refractivity contribution in [2.45, 2.75) is 64.7 Å². The third kappa shape index (κ3) is 6.74. The van der Waals surface area contributed by atoms with Crippen molar-refractivity contribution in [2.24, 2.45) is 0 Å². The van der Waals surface area contributed by atoms with E-state index in [1.807, 2.05) is 0 Å². The molecular weight excluding hydrogens is 989 g/mol. The molecule has 3 aliphatic carbocycles. The molecule has 0 heterocycles. The molecule has 0 aromatic heterocycles. The summed E-state index contributed by atoms with van der Waals surface area (Å²) >= 11 is 0. The zero-order valence-corrected chi connectivity index (χ0v) is 47.8. The van der Waals surface area contributed by atoms with Crippen LogP contribution in [0, 0.1) is 6.92 Å². The summed E-state index contributed by atoms with van der Waals surface area (Å²) in [5.74, 6) is 0.906.